The maximum atomic E-state index is 11.6. The van der Waals surface area contributed by atoms with Crippen LogP contribution in [0.1, 0.15) is 58.3 Å². The van der Waals surface area contributed by atoms with E-state index in [0.29, 0.717) is 18.8 Å². The molecule has 1 amide bonds. The third kappa shape index (κ3) is 5.52. The summed E-state index contributed by atoms with van der Waals surface area (Å²) < 4.78 is 0. The van der Waals surface area contributed by atoms with E-state index < -0.39 is 11.9 Å². The van der Waals surface area contributed by atoms with E-state index in [4.69, 9.17) is 5.11 Å². The smallest absolute Gasteiger partial charge is 0.308 e. The van der Waals surface area contributed by atoms with Crippen molar-refractivity contribution in [1.82, 2.24) is 5.32 Å². The molecule has 0 heterocycles. The fourth-order valence-corrected chi connectivity index (χ4v) is 2.62. The molecule has 0 aromatic carbocycles. The molecule has 0 spiro atoms. The first kappa shape index (κ1) is 15.0. The van der Waals surface area contributed by atoms with Crippen LogP contribution in [0.5, 0.6) is 0 Å². The average Bonchev–Trinajstić information content (AvgIpc) is 2.84. The van der Waals surface area contributed by atoms with E-state index in [0.717, 1.165) is 12.8 Å². The second-order valence-corrected chi connectivity index (χ2v) is 5.32. The normalized spacial score (nSPS) is 17.6. The average molecular weight is 255 g/mol. The number of hydrogen-bond acceptors (Lipinski definition) is 2. The van der Waals surface area contributed by atoms with Gasteiger partial charge in [-0.25, -0.2) is 0 Å². The third-order valence-corrected chi connectivity index (χ3v) is 3.79. The van der Waals surface area contributed by atoms with E-state index in [-0.39, 0.29) is 12.5 Å². The van der Waals surface area contributed by atoms with Gasteiger partial charge in [-0.05, 0) is 18.8 Å². The van der Waals surface area contributed by atoms with Crippen LogP contribution in [0, 0.1) is 11.8 Å². The first-order valence-electron chi connectivity index (χ1n) is 7.13. The largest absolute Gasteiger partial charge is 0.481 e. The lowest BCUT2D eigenvalue weighted by Gasteiger charge is -2.13. The van der Waals surface area contributed by atoms with Crippen molar-refractivity contribution in [3.05, 3.63) is 0 Å². The third-order valence-electron chi connectivity index (χ3n) is 3.79. The maximum absolute atomic E-state index is 11.6. The van der Waals surface area contributed by atoms with Gasteiger partial charge in [0, 0.05) is 13.0 Å². The van der Waals surface area contributed by atoms with Gasteiger partial charge in [-0.15, -0.1) is 0 Å². The molecule has 0 radical (unpaired) electrons. The van der Waals surface area contributed by atoms with Gasteiger partial charge in [0.05, 0.1) is 5.92 Å². The summed E-state index contributed by atoms with van der Waals surface area (Å²) in [5.41, 5.74) is 0. The molecule has 1 fully saturated rings. The molecule has 1 aliphatic carbocycles. The van der Waals surface area contributed by atoms with Gasteiger partial charge in [-0.2, -0.15) is 0 Å². The van der Waals surface area contributed by atoms with E-state index in [2.05, 4.69) is 5.32 Å². The van der Waals surface area contributed by atoms with E-state index >= 15 is 0 Å². The molecule has 1 saturated carbocycles. The Morgan fingerprint density at radius 2 is 2.00 bits per heavy atom. The second kappa shape index (κ2) is 8.11. The van der Waals surface area contributed by atoms with Crippen LogP contribution >= 0.6 is 0 Å². The molecule has 4 nitrogen and oxygen atoms in total. The van der Waals surface area contributed by atoms with Crippen LogP contribution < -0.4 is 5.32 Å². The lowest BCUT2D eigenvalue weighted by molar-refractivity contribution is -0.141. The molecule has 18 heavy (non-hydrogen) atoms. The molecule has 0 bridgehead atoms. The number of carbonyl (C=O) groups excluding carboxylic acids is 1. The van der Waals surface area contributed by atoms with Crippen LogP contribution in [0.4, 0.5) is 0 Å². The summed E-state index contributed by atoms with van der Waals surface area (Å²) >= 11 is 0. The molecule has 2 N–H and O–H groups in total. The summed E-state index contributed by atoms with van der Waals surface area (Å²) in [7, 11) is 0. The van der Waals surface area contributed by atoms with Gasteiger partial charge in [-0.1, -0.05) is 39.0 Å². The summed E-state index contributed by atoms with van der Waals surface area (Å²) in [6, 6.07) is 0. The second-order valence-electron chi connectivity index (χ2n) is 5.32. The highest BCUT2D eigenvalue weighted by Crippen LogP contribution is 2.28. The molecule has 1 unspecified atom stereocenters. The molecule has 1 rings (SSSR count). The van der Waals surface area contributed by atoms with Crippen molar-refractivity contribution >= 4 is 11.9 Å². The standard InChI is InChI=1S/C14H25NO3/c1-2-5-12(14(17)18)10-15-13(16)9-8-11-6-3-4-7-11/h11-12H,2-10H2,1H3,(H,15,16)(H,17,18). The Balaban J connectivity index is 2.16. The molecule has 0 aromatic rings. The van der Waals surface area contributed by atoms with Gasteiger partial charge in [-0.3, -0.25) is 9.59 Å². The van der Waals surface area contributed by atoms with Crippen molar-refractivity contribution in [2.45, 2.75) is 58.3 Å². The highest BCUT2D eigenvalue weighted by molar-refractivity contribution is 5.77. The molecular formula is C14H25NO3. The van der Waals surface area contributed by atoms with E-state index in [1.165, 1.54) is 25.7 Å². The van der Waals surface area contributed by atoms with Crippen LogP contribution in [0.15, 0.2) is 0 Å². The van der Waals surface area contributed by atoms with Gasteiger partial charge in [0.15, 0.2) is 0 Å². The monoisotopic (exact) mass is 255 g/mol. The highest BCUT2D eigenvalue weighted by atomic mass is 16.4. The zero-order valence-corrected chi connectivity index (χ0v) is 11.3. The first-order valence-corrected chi connectivity index (χ1v) is 7.13. The lowest BCUT2D eigenvalue weighted by Crippen LogP contribution is -2.32. The van der Waals surface area contributed by atoms with Gasteiger partial charge >= 0.3 is 5.97 Å². The first-order chi connectivity index (χ1) is 8.63. The lowest BCUT2D eigenvalue weighted by atomic mass is 10.0. The number of rotatable bonds is 8. The predicted octanol–water partition coefficient (Wildman–Crippen LogP) is 2.57. The molecule has 4 heteroatoms. The van der Waals surface area contributed by atoms with Crippen molar-refractivity contribution < 1.29 is 14.7 Å². The Morgan fingerprint density at radius 1 is 1.33 bits per heavy atom. The summed E-state index contributed by atoms with van der Waals surface area (Å²) in [5.74, 6) is -0.538. The van der Waals surface area contributed by atoms with Gasteiger partial charge in [0.25, 0.3) is 0 Å². The SMILES string of the molecule is CCCC(CNC(=O)CCC1CCCC1)C(=O)O. The fraction of sp³-hybridized carbons (Fsp3) is 0.857. The Bertz CT molecular complexity index is 272. The number of nitrogens with one attached hydrogen (secondary N) is 1. The molecule has 1 aliphatic rings. The quantitative estimate of drug-likeness (QED) is 0.700. The Hall–Kier alpha value is -1.06. The van der Waals surface area contributed by atoms with E-state index in [1.807, 2.05) is 6.92 Å². The minimum absolute atomic E-state index is 0.00394. The van der Waals surface area contributed by atoms with Gasteiger partial charge in [0.1, 0.15) is 0 Å². The number of carbonyl (C=O) groups is 2. The van der Waals surface area contributed by atoms with E-state index in [9.17, 15) is 9.59 Å². The topological polar surface area (TPSA) is 66.4 Å². The Morgan fingerprint density at radius 3 is 2.56 bits per heavy atom. The molecule has 0 aliphatic heterocycles. The van der Waals surface area contributed by atoms with Crippen LogP contribution in [0.2, 0.25) is 0 Å². The Kier molecular flexibility index (Phi) is 6.76. The van der Waals surface area contributed by atoms with Crippen molar-refractivity contribution in [3.8, 4) is 0 Å². The molecule has 1 atom stereocenters. The molecule has 0 saturated heterocycles. The summed E-state index contributed by atoms with van der Waals surface area (Å²) in [5, 5.41) is 11.7. The molecule has 104 valence electrons. The highest BCUT2D eigenvalue weighted by Gasteiger charge is 2.19. The fourth-order valence-electron chi connectivity index (χ4n) is 2.62. The van der Waals surface area contributed by atoms with Crippen molar-refractivity contribution in [2.75, 3.05) is 6.54 Å². The summed E-state index contributed by atoms with van der Waals surface area (Å²) in [4.78, 5) is 22.5. The zero-order valence-electron chi connectivity index (χ0n) is 11.3. The van der Waals surface area contributed by atoms with Crippen molar-refractivity contribution in [3.63, 3.8) is 0 Å². The van der Waals surface area contributed by atoms with Crippen LogP contribution in [-0.2, 0) is 9.59 Å². The number of hydrogen-bond donors (Lipinski definition) is 2. The number of carboxylic acid groups (broad SMARTS) is 1. The summed E-state index contributed by atoms with van der Waals surface area (Å²) in [6.45, 7) is 2.23. The van der Waals surface area contributed by atoms with Crippen LogP contribution in [0.25, 0.3) is 0 Å². The van der Waals surface area contributed by atoms with Crippen LogP contribution in [-0.4, -0.2) is 23.5 Å². The maximum Gasteiger partial charge on any atom is 0.308 e. The molecule has 0 aromatic heterocycles. The number of amides is 1. The molecular weight excluding hydrogens is 230 g/mol. The zero-order chi connectivity index (χ0) is 13.4. The number of aliphatic carboxylic acids is 1. The Labute approximate surface area is 109 Å². The van der Waals surface area contributed by atoms with E-state index in [1.54, 1.807) is 0 Å². The minimum atomic E-state index is -0.812. The minimum Gasteiger partial charge on any atom is -0.481 e. The van der Waals surface area contributed by atoms with Crippen molar-refractivity contribution in [1.29, 1.82) is 0 Å². The van der Waals surface area contributed by atoms with Gasteiger partial charge in [0.2, 0.25) is 5.91 Å². The van der Waals surface area contributed by atoms with Gasteiger partial charge < -0.3 is 10.4 Å². The summed E-state index contributed by atoms with van der Waals surface area (Å²) in [6.07, 6.45) is 8.04. The van der Waals surface area contributed by atoms with Crippen molar-refractivity contribution in [2.24, 2.45) is 11.8 Å². The van der Waals surface area contributed by atoms with Crippen LogP contribution in [0.3, 0.4) is 0 Å². The predicted molar refractivity (Wildman–Crippen MR) is 70.2 cm³/mol. The number of carboxylic acids is 1.